The molecule has 2 N–H and O–H groups in total. The maximum Gasteiger partial charge on any atom is 0.161 e. The summed E-state index contributed by atoms with van der Waals surface area (Å²) in [4.78, 5) is 2.09. The van der Waals surface area contributed by atoms with Gasteiger partial charge < -0.3 is 29.5 Å². The first kappa shape index (κ1) is 23.0. The Balaban J connectivity index is 1.89. The number of aliphatic hydroxyl groups excluding tert-OH is 1. The smallest absolute Gasteiger partial charge is 0.161 e. The van der Waals surface area contributed by atoms with E-state index in [1.54, 1.807) is 14.2 Å². The van der Waals surface area contributed by atoms with Crippen LogP contribution < -0.4 is 19.5 Å². The minimum atomic E-state index is -0.561. The maximum absolute atomic E-state index is 10.2. The van der Waals surface area contributed by atoms with Crippen molar-refractivity contribution in [3.63, 3.8) is 0 Å². The van der Waals surface area contributed by atoms with Crippen molar-refractivity contribution in [2.75, 3.05) is 34.4 Å². The molecule has 0 saturated heterocycles. The topological polar surface area (TPSA) is 63.2 Å². The summed E-state index contributed by atoms with van der Waals surface area (Å²) in [5.41, 5.74) is 2.20. The van der Waals surface area contributed by atoms with Gasteiger partial charge in [-0.1, -0.05) is 24.3 Å². The highest BCUT2D eigenvalue weighted by Crippen LogP contribution is 2.28. The third kappa shape index (κ3) is 7.24. The highest BCUT2D eigenvalue weighted by atomic mass is 16.5. The number of nitrogens with zero attached hydrogens (tertiary/aromatic N) is 1. The van der Waals surface area contributed by atoms with Gasteiger partial charge in [-0.05, 0) is 44.7 Å². The Morgan fingerprint density at radius 2 is 1.69 bits per heavy atom. The second kappa shape index (κ2) is 11.7. The summed E-state index contributed by atoms with van der Waals surface area (Å²) >= 11 is 0. The number of hydrogen-bond acceptors (Lipinski definition) is 6. The van der Waals surface area contributed by atoms with Crippen molar-refractivity contribution in [3.05, 3.63) is 53.6 Å². The Labute approximate surface area is 174 Å². The molecule has 6 heteroatoms. The fraction of sp³-hybridized carbons (Fsp3) is 0.478. The molecule has 2 aromatic rings. The third-order valence-corrected chi connectivity index (χ3v) is 4.88. The summed E-state index contributed by atoms with van der Waals surface area (Å²) in [6, 6.07) is 14.2. The quantitative estimate of drug-likeness (QED) is 0.569. The van der Waals surface area contributed by atoms with Gasteiger partial charge >= 0.3 is 0 Å². The molecule has 0 fully saturated rings. The van der Waals surface area contributed by atoms with Crippen LogP contribution in [0.5, 0.6) is 17.2 Å². The number of likely N-dealkylation sites (N-methyl/N-ethyl adjacent to an activating group) is 1. The van der Waals surface area contributed by atoms with Crippen LogP contribution in [0, 0.1) is 0 Å². The van der Waals surface area contributed by atoms with Gasteiger partial charge in [-0.15, -0.1) is 0 Å². The predicted molar refractivity (Wildman–Crippen MR) is 116 cm³/mol. The van der Waals surface area contributed by atoms with Crippen molar-refractivity contribution in [1.29, 1.82) is 0 Å². The Bertz CT molecular complexity index is 751. The molecule has 2 rings (SSSR count). The Kier molecular flexibility index (Phi) is 9.25. The number of benzene rings is 2. The van der Waals surface area contributed by atoms with Crippen LogP contribution in [0.25, 0.3) is 0 Å². The average molecular weight is 403 g/mol. The van der Waals surface area contributed by atoms with E-state index in [-0.39, 0.29) is 6.61 Å². The summed E-state index contributed by atoms with van der Waals surface area (Å²) < 4.78 is 16.6. The zero-order chi connectivity index (χ0) is 21.2. The first-order chi connectivity index (χ1) is 13.9. The molecular formula is C23H34N2O4. The lowest BCUT2D eigenvalue weighted by molar-refractivity contribution is 0.0668. The molecule has 2 aromatic carbocycles. The molecule has 0 bridgehead atoms. The lowest BCUT2D eigenvalue weighted by Crippen LogP contribution is -2.36. The number of nitrogens with one attached hydrogen (secondary N) is 1. The van der Waals surface area contributed by atoms with Gasteiger partial charge in [-0.3, -0.25) is 0 Å². The Morgan fingerprint density at radius 1 is 0.966 bits per heavy atom. The van der Waals surface area contributed by atoms with E-state index in [9.17, 15) is 5.11 Å². The molecule has 0 spiro atoms. The monoisotopic (exact) mass is 402 g/mol. The second-order valence-electron chi connectivity index (χ2n) is 7.40. The highest BCUT2D eigenvalue weighted by molar-refractivity contribution is 5.43. The first-order valence-electron chi connectivity index (χ1n) is 9.95. The lowest BCUT2D eigenvalue weighted by Gasteiger charge is -2.24. The van der Waals surface area contributed by atoms with Crippen LogP contribution >= 0.6 is 0 Å². The van der Waals surface area contributed by atoms with Crippen molar-refractivity contribution in [2.45, 2.75) is 39.1 Å². The number of para-hydroxylation sites is 1. The molecule has 0 amide bonds. The van der Waals surface area contributed by atoms with Crippen molar-refractivity contribution >= 4 is 0 Å². The van der Waals surface area contributed by atoms with Crippen LogP contribution in [-0.4, -0.2) is 56.6 Å². The first-order valence-corrected chi connectivity index (χ1v) is 9.95. The molecule has 1 unspecified atom stereocenters. The van der Waals surface area contributed by atoms with E-state index in [0.717, 1.165) is 16.9 Å². The number of aliphatic hydroxyl groups is 1. The predicted octanol–water partition coefficient (Wildman–Crippen LogP) is 3.07. The number of hydrogen-bond donors (Lipinski definition) is 2. The summed E-state index contributed by atoms with van der Waals surface area (Å²) in [6.07, 6.45) is -0.561. The minimum absolute atomic E-state index is 0.221. The SMILES string of the molecule is COc1ccccc1CNCc1ccc(OCC(O)CN(C)C(C)C)c(OC)c1. The maximum atomic E-state index is 10.2. The second-order valence-corrected chi connectivity index (χ2v) is 7.40. The summed E-state index contributed by atoms with van der Waals surface area (Å²) in [7, 11) is 5.29. The van der Waals surface area contributed by atoms with Gasteiger partial charge in [-0.2, -0.15) is 0 Å². The molecule has 0 radical (unpaired) electrons. The van der Waals surface area contributed by atoms with Gasteiger partial charge in [0.1, 0.15) is 18.5 Å². The summed E-state index contributed by atoms with van der Waals surface area (Å²) in [5.74, 6) is 2.17. The molecule has 0 aliphatic heterocycles. The molecule has 0 saturated carbocycles. The van der Waals surface area contributed by atoms with Crippen molar-refractivity contribution in [1.82, 2.24) is 10.2 Å². The fourth-order valence-corrected chi connectivity index (χ4v) is 2.91. The van der Waals surface area contributed by atoms with Crippen LogP contribution in [0.15, 0.2) is 42.5 Å². The summed E-state index contributed by atoms with van der Waals surface area (Å²) in [6.45, 7) is 6.37. The van der Waals surface area contributed by atoms with Crippen molar-refractivity contribution in [3.8, 4) is 17.2 Å². The normalized spacial score (nSPS) is 12.3. The van der Waals surface area contributed by atoms with E-state index >= 15 is 0 Å². The molecule has 160 valence electrons. The zero-order valence-corrected chi connectivity index (χ0v) is 18.1. The van der Waals surface area contributed by atoms with Crippen LogP contribution in [0.4, 0.5) is 0 Å². The van der Waals surface area contributed by atoms with Crippen LogP contribution in [0.1, 0.15) is 25.0 Å². The largest absolute Gasteiger partial charge is 0.496 e. The highest BCUT2D eigenvalue weighted by Gasteiger charge is 2.13. The molecule has 1 atom stereocenters. The summed E-state index contributed by atoms with van der Waals surface area (Å²) in [5, 5.41) is 13.6. The van der Waals surface area contributed by atoms with E-state index in [2.05, 4.69) is 24.1 Å². The fourth-order valence-electron chi connectivity index (χ4n) is 2.91. The van der Waals surface area contributed by atoms with E-state index in [1.807, 2.05) is 49.5 Å². The van der Waals surface area contributed by atoms with Gasteiger partial charge in [0, 0.05) is 31.2 Å². The zero-order valence-electron chi connectivity index (χ0n) is 18.1. The van der Waals surface area contributed by atoms with E-state index in [1.165, 1.54) is 0 Å². The van der Waals surface area contributed by atoms with E-state index in [0.29, 0.717) is 37.2 Å². The van der Waals surface area contributed by atoms with Crippen LogP contribution in [-0.2, 0) is 13.1 Å². The van der Waals surface area contributed by atoms with Crippen molar-refractivity contribution in [2.24, 2.45) is 0 Å². The molecule has 0 aromatic heterocycles. The molecule has 0 heterocycles. The lowest BCUT2D eigenvalue weighted by atomic mass is 10.1. The molecule has 29 heavy (non-hydrogen) atoms. The van der Waals surface area contributed by atoms with Gasteiger partial charge in [0.25, 0.3) is 0 Å². The number of rotatable bonds is 12. The van der Waals surface area contributed by atoms with Crippen LogP contribution in [0.3, 0.4) is 0 Å². The standard InChI is InChI=1S/C23H34N2O4/c1-17(2)25(3)15-20(26)16-29-22-11-10-18(12-23(22)28-5)13-24-14-19-8-6-7-9-21(19)27-4/h6-12,17,20,24,26H,13-16H2,1-5H3. The molecule has 0 aliphatic rings. The van der Waals surface area contributed by atoms with Crippen LogP contribution in [0.2, 0.25) is 0 Å². The minimum Gasteiger partial charge on any atom is -0.496 e. The number of ether oxygens (including phenoxy) is 3. The van der Waals surface area contributed by atoms with E-state index in [4.69, 9.17) is 14.2 Å². The van der Waals surface area contributed by atoms with Gasteiger partial charge in [0.05, 0.1) is 14.2 Å². The van der Waals surface area contributed by atoms with E-state index < -0.39 is 6.10 Å². The van der Waals surface area contributed by atoms with Gasteiger partial charge in [0.2, 0.25) is 0 Å². The number of methoxy groups -OCH3 is 2. The van der Waals surface area contributed by atoms with Crippen molar-refractivity contribution < 1.29 is 19.3 Å². The Hall–Kier alpha value is -2.28. The average Bonchev–Trinajstić information content (AvgIpc) is 2.72. The Morgan fingerprint density at radius 3 is 2.38 bits per heavy atom. The third-order valence-electron chi connectivity index (χ3n) is 4.88. The van der Waals surface area contributed by atoms with Gasteiger partial charge in [0.15, 0.2) is 11.5 Å². The molecule has 6 nitrogen and oxygen atoms in total. The van der Waals surface area contributed by atoms with Gasteiger partial charge in [-0.25, -0.2) is 0 Å². The molecule has 0 aliphatic carbocycles. The molecular weight excluding hydrogens is 368 g/mol.